The minimum atomic E-state index is -3.64. The number of benzene rings is 2. The lowest BCUT2D eigenvalue weighted by Gasteiger charge is -2.45. The average Bonchev–Trinajstić information content (AvgIpc) is 3.19. The summed E-state index contributed by atoms with van der Waals surface area (Å²) in [5.41, 5.74) is 4.69. The maximum Gasteiger partial charge on any atom is 0.258 e. The third kappa shape index (κ3) is 5.00. The number of rotatable bonds is 8. The van der Waals surface area contributed by atoms with Crippen molar-refractivity contribution in [3.8, 4) is 0 Å². The molecule has 0 radical (unpaired) electrons. The van der Waals surface area contributed by atoms with E-state index in [1.165, 1.54) is 5.56 Å². The first-order chi connectivity index (χ1) is 17.4. The summed E-state index contributed by atoms with van der Waals surface area (Å²) in [5.74, 6) is 0.974. The molecule has 1 heterocycles. The SMILES string of the molecule is Cc1ccc(S(=O)(=O)N2CC3=C[C@@H](c4ccccc4)C=C(O[Si](C(C)C)(C(C)C)C(C)C)[C@@H]3[C@H]2C)cc1. The Kier molecular flexibility index (Phi) is 7.94. The molecule has 0 aromatic heterocycles. The topological polar surface area (TPSA) is 46.6 Å². The molecule has 4 rings (SSSR count). The summed E-state index contributed by atoms with van der Waals surface area (Å²) in [5, 5.41) is 0. The summed E-state index contributed by atoms with van der Waals surface area (Å²) in [6, 6.07) is 17.4. The molecule has 2 aromatic rings. The van der Waals surface area contributed by atoms with Gasteiger partial charge in [-0.3, -0.25) is 0 Å². The third-order valence-corrected chi connectivity index (χ3v) is 16.5. The molecule has 0 amide bonds. The quantitative estimate of drug-likeness (QED) is 0.255. The van der Waals surface area contributed by atoms with E-state index in [9.17, 15) is 8.42 Å². The number of aryl methyl sites for hydroxylation is 1. The number of fused-ring (bicyclic) bond motifs is 1. The first-order valence-electron chi connectivity index (χ1n) is 13.6. The van der Waals surface area contributed by atoms with Gasteiger partial charge >= 0.3 is 0 Å². The maximum atomic E-state index is 13.8. The highest BCUT2D eigenvalue weighted by atomic mass is 32.2. The van der Waals surface area contributed by atoms with Gasteiger partial charge in [-0.25, -0.2) is 8.42 Å². The van der Waals surface area contributed by atoms with Crippen LogP contribution in [0.5, 0.6) is 0 Å². The molecule has 200 valence electrons. The van der Waals surface area contributed by atoms with Crippen LogP contribution in [0, 0.1) is 12.8 Å². The molecular formula is C31H43NO3SSi. The molecular weight excluding hydrogens is 494 g/mol. The maximum absolute atomic E-state index is 13.8. The normalized spacial score (nSPS) is 22.8. The molecule has 4 nitrogen and oxygen atoms in total. The van der Waals surface area contributed by atoms with Gasteiger partial charge in [0.05, 0.1) is 16.6 Å². The highest BCUT2D eigenvalue weighted by molar-refractivity contribution is 7.89. The molecule has 3 atom stereocenters. The zero-order valence-corrected chi connectivity index (χ0v) is 25.4. The molecule has 0 spiro atoms. The van der Waals surface area contributed by atoms with Crippen LogP contribution < -0.4 is 0 Å². The summed E-state index contributed by atoms with van der Waals surface area (Å²) < 4.78 is 36.6. The van der Waals surface area contributed by atoms with Gasteiger partial charge in [0.2, 0.25) is 10.0 Å². The lowest BCUT2D eigenvalue weighted by Crippen LogP contribution is -2.49. The van der Waals surface area contributed by atoms with Crippen LogP contribution in [0.4, 0.5) is 0 Å². The second-order valence-corrected chi connectivity index (χ2v) is 19.0. The van der Waals surface area contributed by atoms with Crippen molar-refractivity contribution in [1.29, 1.82) is 0 Å². The van der Waals surface area contributed by atoms with Gasteiger partial charge in [-0.05, 0) is 59.8 Å². The number of allylic oxidation sites excluding steroid dienone is 2. The average molecular weight is 538 g/mol. The van der Waals surface area contributed by atoms with Gasteiger partial charge in [-0.1, -0.05) is 95.6 Å². The van der Waals surface area contributed by atoms with E-state index in [4.69, 9.17) is 4.43 Å². The van der Waals surface area contributed by atoms with Crippen LogP contribution in [-0.4, -0.2) is 33.6 Å². The van der Waals surface area contributed by atoms with Crippen LogP contribution in [0.2, 0.25) is 16.6 Å². The standard InChI is InChI=1S/C31H43NO3SSi/c1-21(2)37(22(3)4,23(5)6)35-30-19-27(26-12-10-9-11-13-26)18-28-20-32(25(8)31(28)30)36(33,34)29-16-14-24(7)15-17-29/h9-19,21-23,25,27,31H,20H2,1-8H3/t25-,27-,31-/m1/s1. The van der Waals surface area contributed by atoms with Gasteiger partial charge < -0.3 is 4.43 Å². The second-order valence-electron chi connectivity index (χ2n) is 11.7. The van der Waals surface area contributed by atoms with E-state index in [1.807, 2.05) is 32.0 Å². The van der Waals surface area contributed by atoms with Crippen molar-refractivity contribution in [3.05, 3.63) is 89.2 Å². The number of sulfonamides is 1. The Balaban J connectivity index is 1.80. The van der Waals surface area contributed by atoms with E-state index in [2.05, 4.69) is 78.0 Å². The summed E-state index contributed by atoms with van der Waals surface area (Å²) in [6.45, 7) is 18.2. The first-order valence-corrected chi connectivity index (χ1v) is 17.2. The van der Waals surface area contributed by atoms with Crippen LogP contribution in [0.15, 0.2) is 83.0 Å². The van der Waals surface area contributed by atoms with Crippen LogP contribution in [0.1, 0.15) is 65.5 Å². The highest BCUT2D eigenvalue weighted by Crippen LogP contribution is 2.49. The molecule has 0 bridgehead atoms. The third-order valence-electron chi connectivity index (χ3n) is 8.53. The predicted octanol–water partition coefficient (Wildman–Crippen LogP) is 7.80. The van der Waals surface area contributed by atoms with Crippen molar-refractivity contribution < 1.29 is 12.8 Å². The number of hydrogen-bond acceptors (Lipinski definition) is 3. The van der Waals surface area contributed by atoms with E-state index in [1.54, 1.807) is 16.4 Å². The Labute approximate surface area is 225 Å². The molecule has 0 saturated carbocycles. The summed E-state index contributed by atoms with van der Waals surface area (Å²) in [6.07, 6.45) is 4.55. The van der Waals surface area contributed by atoms with Crippen molar-refractivity contribution in [2.45, 2.75) is 88.9 Å². The van der Waals surface area contributed by atoms with Crippen LogP contribution >= 0.6 is 0 Å². The minimum absolute atomic E-state index is 0.0647. The van der Waals surface area contributed by atoms with Gasteiger partial charge in [-0.2, -0.15) is 4.31 Å². The van der Waals surface area contributed by atoms with Gasteiger partial charge in [-0.15, -0.1) is 0 Å². The molecule has 1 fully saturated rings. The van der Waals surface area contributed by atoms with E-state index in [0.29, 0.717) is 28.1 Å². The fourth-order valence-electron chi connectivity index (χ4n) is 6.71. The van der Waals surface area contributed by atoms with Crippen molar-refractivity contribution in [2.75, 3.05) is 6.54 Å². The summed E-state index contributed by atoms with van der Waals surface area (Å²) >= 11 is 0. The lowest BCUT2D eigenvalue weighted by atomic mass is 9.83. The molecule has 2 aliphatic rings. The van der Waals surface area contributed by atoms with Gasteiger partial charge in [0.15, 0.2) is 0 Å². The van der Waals surface area contributed by atoms with Gasteiger partial charge in [0, 0.05) is 18.5 Å². The lowest BCUT2D eigenvalue weighted by molar-refractivity contribution is 0.286. The van der Waals surface area contributed by atoms with Crippen LogP contribution in [0.3, 0.4) is 0 Å². The van der Waals surface area contributed by atoms with Crippen LogP contribution in [0.25, 0.3) is 0 Å². The highest BCUT2D eigenvalue weighted by Gasteiger charge is 2.51. The molecule has 0 unspecified atom stereocenters. The van der Waals surface area contributed by atoms with Crippen LogP contribution in [-0.2, 0) is 14.4 Å². The van der Waals surface area contributed by atoms with Gasteiger partial charge in [0.1, 0.15) is 0 Å². The van der Waals surface area contributed by atoms with Crippen molar-refractivity contribution in [2.24, 2.45) is 5.92 Å². The minimum Gasteiger partial charge on any atom is -0.545 e. The molecule has 1 aliphatic heterocycles. The number of nitrogens with zero attached hydrogens (tertiary/aromatic N) is 1. The first kappa shape index (κ1) is 27.9. The largest absolute Gasteiger partial charge is 0.545 e. The fourth-order valence-corrected chi connectivity index (χ4v) is 13.6. The molecule has 2 aromatic carbocycles. The fraction of sp³-hybridized carbons (Fsp3) is 0.484. The smallest absolute Gasteiger partial charge is 0.258 e. The van der Waals surface area contributed by atoms with Crippen molar-refractivity contribution in [3.63, 3.8) is 0 Å². The van der Waals surface area contributed by atoms with E-state index >= 15 is 0 Å². The Morgan fingerprint density at radius 2 is 1.43 bits per heavy atom. The van der Waals surface area contributed by atoms with Crippen molar-refractivity contribution >= 4 is 18.3 Å². The number of hydrogen-bond donors (Lipinski definition) is 0. The van der Waals surface area contributed by atoms with Crippen molar-refractivity contribution in [1.82, 2.24) is 4.31 Å². The Bertz CT molecular complexity index is 1240. The van der Waals surface area contributed by atoms with E-state index < -0.39 is 18.3 Å². The zero-order valence-electron chi connectivity index (χ0n) is 23.6. The van der Waals surface area contributed by atoms with E-state index in [-0.39, 0.29) is 17.9 Å². The predicted molar refractivity (Wildman–Crippen MR) is 156 cm³/mol. The Morgan fingerprint density at radius 3 is 1.97 bits per heavy atom. The summed E-state index contributed by atoms with van der Waals surface area (Å²) in [7, 11) is -5.88. The molecule has 6 heteroatoms. The van der Waals surface area contributed by atoms with E-state index in [0.717, 1.165) is 16.9 Å². The van der Waals surface area contributed by atoms with Gasteiger partial charge in [0.25, 0.3) is 8.32 Å². The summed E-state index contributed by atoms with van der Waals surface area (Å²) in [4.78, 5) is 0.352. The zero-order chi connectivity index (χ0) is 27.1. The molecule has 1 saturated heterocycles. The molecule has 37 heavy (non-hydrogen) atoms. The Morgan fingerprint density at radius 1 is 0.865 bits per heavy atom. The monoisotopic (exact) mass is 537 g/mol. The molecule has 0 N–H and O–H groups in total. The Hall–Kier alpha value is -2.15. The molecule has 1 aliphatic carbocycles. The second kappa shape index (κ2) is 10.5.